The van der Waals surface area contributed by atoms with E-state index in [1.54, 1.807) is 6.92 Å². The number of rotatable bonds is 3. The Morgan fingerprint density at radius 2 is 1.95 bits per heavy atom. The summed E-state index contributed by atoms with van der Waals surface area (Å²) in [6.07, 6.45) is 0. The molecule has 1 heterocycles. The number of carbonyl (C=O) groups is 2. The van der Waals surface area contributed by atoms with Gasteiger partial charge in [0.15, 0.2) is 0 Å². The highest BCUT2D eigenvalue weighted by atomic mass is 16.4. The van der Waals surface area contributed by atoms with Crippen molar-refractivity contribution in [2.24, 2.45) is 0 Å². The van der Waals surface area contributed by atoms with Crippen LogP contribution in [0.25, 0.3) is 0 Å². The number of hydrogen-bond donors (Lipinski definition) is 1. The van der Waals surface area contributed by atoms with Gasteiger partial charge in [-0.05, 0) is 5.56 Å². The predicted molar refractivity (Wildman–Crippen MR) is 70.6 cm³/mol. The molecule has 0 spiro atoms. The molecule has 1 amide bonds. The maximum absolute atomic E-state index is 11.7. The number of aliphatic carboxylic acids is 1. The van der Waals surface area contributed by atoms with Crippen LogP contribution >= 0.6 is 0 Å². The fourth-order valence-corrected chi connectivity index (χ4v) is 2.51. The van der Waals surface area contributed by atoms with E-state index < -0.39 is 5.97 Å². The van der Waals surface area contributed by atoms with Crippen molar-refractivity contribution in [1.82, 2.24) is 9.80 Å². The van der Waals surface area contributed by atoms with Crippen LogP contribution in [0.15, 0.2) is 30.3 Å². The number of piperazine rings is 1. The van der Waals surface area contributed by atoms with E-state index in [-0.39, 0.29) is 18.5 Å². The minimum absolute atomic E-state index is 0.0229. The van der Waals surface area contributed by atoms with Crippen LogP contribution in [-0.4, -0.2) is 53.0 Å². The summed E-state index contributed by atoms with van der Waals surface area (Å²) >= 11 is 0. The molecule has 1 atom stereocenters. The van der Waals surface area contributed by atoms with Gasteiger partial charge in [0.05, 0.1) is 12.6 Å². The summed E-state index contributed by atoms with van der Waals surface area (Å²) in [6, 6.07) is 9.69. The number of benzene rings is 1. The van der Waals surface area contributed by atoms with E-state index >= 15 is 0 Å². The van der Waals surface area contributed by atoms with E-state index in [1.165, 1.54) is 0 Å². The quantitative estimate of drug-likeness (QED) is 0.882. The Morgan fingerprint density at radius 1 is 1.26 bits per heavy atom. The zero-order chi connectivity index (χ0) is 13.8. The minimum Gasteiger partial charge on any atom is -0.480 e. The van der Waals surface area contributed by atoms with Crippen molar-refractivity contribution in [2.75, 3.05) is 26.2 Å². The summed E-state index contributed by atoms with van der Waals surface area (Å²) in [4.78, 5) is 26.2. The largest absolute Gasteiger partial charge is 0.480 e. The molecule has 0 bridgehead atoms. The third-order valence-corrected chi connectivity index (χ3v) is 3.41. The van der Waals surface area contributed by atoms with Crippen LogP contribution in [0.5, 0.6) is 0 Å². The maximum atomic E-state index is 11.7. The zero-order valence-electron chi connectivity index (χ0n) is 11.0. The number of hydrogen-bond acceptors (Lipinski definition) is 3. The van der Waals surface area contributed by atoms with E-state index in [1.807, 2.05) is 40.1 Å². The van der Waals surface area contributed by atoms with Crippen molar-refractivity contribution in [3.63, 3.8) is 0 Å². The first-order valence-corrected chi connectivity index (χ1v) is 6.34. The van der Waals surface area contributed by atoms with Crippen LogP contribution in [0.4, 0.5) is 0 Å². The van der Waals surface area contributed by atoms with Crippen molar-refractivity contribution < 1.29 is 14.7 Å². The summed E-state index contributed by atoms with van der Waals surface area (Å²) < 4.78 is 0. The van der Waals surface area contributed by atoms with E-state index in [2.05, 4.69) is 0 Å². The van der Waals surface area contributed by atoms with Crippen molar-refractivity contribution in [3.8, 4) is 0 Å². The van der Waals surface area contributed by atoms with Crippen molar-refractivity contribution in [1.29, 1.82) is 0 Å². The van der Waals surface area contributed by atoms with Crippen LogP contribution in [-0.2, 0) is 9.59 Å². The van der Waals surface area contributed by atoms with Gasteiger partial charge in [0.1, 0.15) is 0 Å². The second-order valence-corrected chi connectivity index (χ2v) is 4.77. The van der Waals surface area contributed by atoms with E-state index in [0.29, 0.717) is 19.6 Å². The Hall–Kier alpha value is -1.88. The average Bonchev–Trinajstić information content (AvgIpc) is 2.38. The standard InChI is InChI=1S/C14H18N2O3/c1-11(17)16-8-7-15(10-14(18)19)9-13(16)12-5-3-2-4-6-12/h2-6,13H,7-10H2,1H3,(H,18,19)/t13-/m0/s1. The number of carboxylic acids is 1. The van der Waals surface area contributed by atoms with Crippen molar-refractivity contribution in [2.45, 2.75) is 13.0 Å². The smallest absolute Gasteiger partial charge is 0.317 e. The van der Waals surface area contributed by atoms with Gasteiger partial charge in [-0.15, -0.1) is 0 Å². The molecule has 5 heteroatoms. The van der Waals surface area contributed by atoms with E-state index in [4.69, 9.17) is 5.11 Å². The second kappa shape index (κ2) is 5.84. The molecular weight excluding hydrogens is 244 g/mol. The molecule has 1 aromatic rings. The normalized spacial score (nSPS) is 20.3. The summed E-state index contributed by atoms with van der Waals surface area (Å²) in [6.45, 7) is 3.32. The first-order chi connectivity index (χ1) is 9.08. The molecule has 0 radical (unpaired) electrons. The molecule has 1 aliphatic heterocycles. The molecule has 1 aliphatic rings. The molecule has 0 saturated carbocycles. The molecule has 0 aromatic heterocycles. The van der Waals surface area contributed by atoms with Crippen molar-refractivity contribution >= 4 is 11.9 Å². The Morgan fingerprint density at radius 3 is 2.53 bits per heavy atom. The number of amides is 1. The van der Waals surface area contributed by atoms with Crippen LogP contribution in [0.2, 0.25) is 0 Å². The average molecular weight is 262 g/mol. The molecule has 1 saturated heterocycles. The maximum Gasteiger partial charge on any atom is 0.317 e. The summed E-state index contributed by atoms with van der Waals surface area (Å²) in [5.74, 6) is -0.799. The van der Waals surface area contributed by atoms with Crippen LogP contribution in [0.1, 0.15) is 18.5 Å². The predicted octanol–water partition coefficient (Wildman–Crippen LogP) is 0.976. The van der Waals surface area contributed by atoms with Gasteiger partial charge in [0.2, 0.25) is 5.91 Å². The molecule has 1 fully saturated rings. The van der Waals surface area contributed by atoms with Gasteiger partial charge in [0.25, 0.3) is 0 Å². The van der Waals surface area contributed by atoms with Gasteiger partial charge in [-0.3, -0.25) is 14.5 Å². The van der Waals surface area contributed by atoms with E-state index in [9.17, 15) is 9.59 Å². The highest BCUT2D eigenvalue weighted by Gasteiger charge is 2.30. The zero-order valence-corrected chi connectivity index (χ0v) is 11.0. The highest BCUT2D eigenvalue weighted by Crippen LogP contribution is 2.25. The molecule has 2 rings (SSSR count). The van der Waals surface area contributed by atoms with Gasteiger partial charge in [0, 0.05) is 26.6 Å². The van der Waals surface area contributed by atoms with Crippen molar-refractivity contribution in [3.05, 3.63) is 35.9 Å². The lowest BCUT2D eigenvalue weighted by molar-refractivity contribution is -0.140. The lowest BCUT2D eigenvalue weighted by atomic mass is 10.0. The van der Waals surface area contributed by atoms with Crippen LogP contribution in [0.3, 0.4) is 0 Å². The molecule has 0 aliphatic carbocycles. The summed E-state index contributed by atoms with van der Waals surface area (Å²) in [7, 11) is 0. The molecule has 1 aromatic carbocycles. The summed E-state index contributed by atoms with van der Waals surface area (Å²) in [5.41, 5.74) is 1.05. The Kier molecular flexibility index (Phi) is 4.16. The molecule has 0 unspecified atom stereocenters. The minimum atomic E-state index is -0.830. The lowest BCUT2D eigenvalue weighted by Crippen LogP contribution is -2.51. The number of carbonyl (C=O) groups excluding carboxylic acids is 1. The first-order valence-electron chi connectivity index (χ1n) is 6.34. The van der Waals surface area contributed by atoms with E-state index in [0.717, 1.165) is 5.56 Å². The molecular formula is C14H18N2O3. The van der Waals surface area contributed by atoms with Crippen LogP contribution < -0.4 is 0 Å². The lowest BCUT2D eigenvalue weighted by Gasteiger charge is -2.40. The second-order valence-electron chi connectivity index (χ2n) is 4.77. The van der Waals surface area contributed by atoms with Gasteiger partial charge >= 0.3 is 5.97 Å². The molecule has 102 valence electrons. The Balaban J connectivity index is 2.18. The Bertz CT molecular complexity index is 461. The fraction of sp³-hybridized carbons (Fsp3) is 0.429. The first kappa shape index (κ1) is 13.5. The van der Waals surface area contributed by atoms with Gasteiger partial charge in [-0.1, -0.05) is 30.3 Å². The topological polar surface area (TPSA) is 60.9 Å². The highest BCUT2D eigenvalue weighted by molar-refractivity contribution is 5.74. The summed E-state index contributed by atoms with van der Waals surface area (Å²) in [5, 5.41) is 8.88. The van der Waals surface area contributed by atoms with Gasteiger partial charge in [-0.2, -0.15) is 0 Å². The van der Waals surface area contributed by atoms with Gasteiger partial charge < -0.3 is 10.0 Å². The molecule has 5 nitrogen and oxygen atoms in total. The SMILES string of the molecule is CC(=O)N1CCN(CC(=O)O)C[C@H]1c1ccccc1. The third-order valence-electron chi connectivity index (χ3n) is 3.41. The van der Waals surface area contributed by atoms with Gasteiger partial charge in [-0.25, -0.2) is 0 Å². The number of nitrogens with zero attached hydrogens (tertiary/aromatic N) is 2. The monoisotopic (exact) mass is 262 g/mol. The fourth-order valence-electron chi connectivity index (χ4n) is 2.51. The third kappa shape index (κ3) is 3.32. The molecule has 1 N–H and O–H groups in total. The number of carboxylic acid groups (broad SMARTS) is 1. The molecule has 19 heavy (non-hydrogen) atoms. The Labute approximate surface area is 112 Å². The van der Waals surface area contributed by atoms with Crippen LogP contribution in [0, 0.1) is 0 Å².